The lowest BCUT2D eigenvalue weighted by molar-refractivity contribution is -0.145. The van der Waals surface area contributed by atoms with Gasteiger partial charge in [-0.05, 0) is 19.9 Å². The normalized spacial score (nSPS) is 21.8. The van der Waals surface area contributed by atoms with Crippen LogP contribution in [0, 0.1) is 0 Å². The largest absolute Gasteiger partial charge is 0.465 e. The van der Waals surface area contributed by atoms with Gasteiger partial charge < -0.3 is 18.9 Å². The molecular weight excluding hydrogens is 228 g/mol. The van der Waals surface area contributed by atoms with Gasteiger partial charge >= 0.3 is 11.9 Å². The second kappa shape index (κ2) is 5.29. The van der Waals surface area contributed by atoms with Gasteiger partial charge in [0.1, 0.15) is 11.7 Å². The minimum atomic E-state index is -0.759. The van der Waals surface area contributed by atoms with Crippen LogP contribution in [-0.2, 0) is 28.5 Å². The van der Waals surface area contributed by atoms with Crippen LogP contribution in [0.25, 0.3) is 0 Å². The molecule has 1 unspecified atom stereocenters. The van der Waals surface area contributed by atoms with Crippen molar-refractivity contribution < 1.29 is 28.5 Å². The van der Waals surface area contributed by atoms with Gasteiger partial charge in [0.2, 0.25) is 0 Å². The van der Waals surface area contributed by atoms with Crippen LogP contribution in [-0.4, -0.2) is 44.7 Å². The van der Waals surface area contributed by atoms with Crippen molar-refractivity contribution in [1.82, 2.24) is 0 Å². The minimum absolute atomic E-state index is 0.193. The molecule has 0 saturated carbocycles. The Bertz CT molecular complexity index is 326. The third-order valence-electron chi connectivity index (χ3n) is 2.19. The maximum absolute atomic E-state index is 11.4. The molecule has 0 bridgehead atoms. The van der Waals surface area contributed by atoms with E-state index < -0.39 is 23.8 Å². The summed E-state index contributed by atoms with van der Waals surface area (Å²) >= 11 is 0. The highest BCUT2D eigenvalue weighted by Crippen LogP contribution is 2.23. The predicted octanol–water partition coefficient (Wildman–Crippen LogP) is 0.410. The lowest BCUT2D eigenvalue weighted by Crippen LogP contribution is -2.22. The summed E-state index contributed by atoms with van der Waals surface area (Å²) in [7, 11) is 2.38. The Balaban J connectivity index is 2.84. The molecule has 6 nitrogen and oxygen atoms in total. The van der Waals surface area contributed by atoms with Crippen LogP contribution < -0.4 is 0 Å². The molecule has 1 heterocycles. The summed E-state index contributed by atoms with van der Waals surface area (Å²) in [4.78, 5) is 22.7. The van der Waals surface area contributed by atoms with Crippen molar-refractivity contribution in [3.05, 3.63) is 11.6 Å². The SMILES string of the molecule is COC(=O)C(=CC1COC(C)(C)O1)C(=O)OC. The van der Waals surface area contributed by atoms with Crippen LogP contribution in [0.5, 0.6) is 0 Å². The minimum Gasteiger partial charge on any atom is -0.465 e. The van der Waals surface area contributed by atoms with Crippen molar-refractivity contribution >= 4 is 11.9 Å². The summed E-state index contributed by atoms with van der Waals surface area (Å²) in [6, 6.07) is 0. The van der Waals surface area contributed by atoms with E-state index >= 15 is 0 Å². The fourth-order valence-electron chi connectivity index (χ4n) is 1.42. The number of methoxy groups -OCH3 is 2. The molecule has 1 fully saturated rings. The summed E-state index contributed by atoms with van der Waals surface area (Å²) in [5.74, 6) is -2.24. The average molecular weight is 244 g/mol. The highest BCUT2D eigenvalue weighted by Gasteiger charge is 2.33. The summed E-state index contributed by atoms with van der Waals surface area (Å²) in [5, 5.41) is 0. The fraction of sp³-hybridized carbons (Fsp3) is 0.636. The third-order valence-corrected chi connectivity index (χ3v) is 2.19. The molecule has 0 aromatic carbocycles. The van der Waals surface area contributed by atoms with E-state index in [4.69, 9.17) is 9.47 Å². The standard InChI is InChI=1S/C11H16O6/c1-11(2)16-6-7(17-11)5-8(9(12)14-3)10(13)15-4/h5,7H,6H2,1-4H3. The van der Waals surface area contributed by atoms with Crippen molar-refractivity contribution in [1.29, 1.82) is 0 Å². The number of hydrogen-bond donors (Lipinski definition) is 0. The van der Waals surface area contributed by atoms with E-state index in [1.165, 1.54) is 20.3 Å². The van der Waals surface area contributed by atoms with Gasteiger partial charge in [0, 0.05) is 0 Å². The van der Waals surface area contributed by atoms with Gasteiger partial charge in [0.05, 0.1) is 20.8 Å². The maximum Gasteiger partial charge on any atom is 0.345 e. The van der Waals surface area contributed by atoms with Gasteiger partial charge in [-0.1, -0.05) is 0 Å². The zero-order valence-corrected chi connectivity index (χ0v) is 10.3. The smallest absolute Gasteiger partial charge is 0.345 e. The van der Waals surface area contributed by atoms with Crippen LogP contribution in [0.1, 0.15) is 13.8 Å². The Kier molecular flexibility index (Phi) is 4.25. The molecule has 1 saturated heterocycles. The summed E-state index contributed by atoms with van der Waals surface area (Å²) < 4.78 is 19.8. The molecule has 1 aliphatic rings. The molecule has 0 N–H and O–H groups in total. The molecule has 0 spiro atoms. The van der Waals surface area contributed by atoms with Crippen molar-refractivity contribution in [3.8, 4) is 0 Å². The average Bonchev–Trinajstić information content (AvgIpc) is 2.63. The van der Waals surface area contributed by atoms with Crippen LogP contribution >= 0.6 is 0 Å². The number of hydrogen-bond acceptors (Lipinski definition) is 6. The molecule has 17 heavy (non-hydrogen) atoms. The van der Waals surface area contributed by atoms with Crippen molar-refractivity contribution in [3.63, 3.8) is 0 Å². The highest BCUT2D eigenvalue weighted by molar-refractivity contribution is 6.14. The van der Waals surface area contributed by atoms with Crippen LogP contribution in [0.4, 0.5) is 0 Å². The Morgan fingerprint density at radius 3 is 2.12 bits per heavy atom. The van der Waals surface area contributed by atoms with Gasteiger partial charge in [0.15, 0.2) is 5.79 Å². The van der Waals surface area contributed by atoms with E-state index in [2.05, 4.69) is 9.47 Å². The van der Waals surface area contributed by atoms with Crippen LogP contribution in [0.3, 0.4) is 0 Å². The van der Waals surface area contributed by atoms with Gasteiger partial charge in [-0.3, -0.25) is 0 Å². The first kappa shape index (κ1) is 13.7. The van der Waals surface area contributed by atoms with Crippen molar-refractivity contribution in [2.75, 3.05) is 20.8 Å². The van der Waals surface area contributed by atoms with Crippen molar-refractivity contribution in [2.24, 2.45) is 0 Å². The molecule has 0 amide bonds. The van der Waals surface area contributed by atoms with Gasteiger partial charge in [0.25, 0.3) is 0 Å². The molecule has 0 aromatic rings. The Hall–Kier alpha value is -1.40. The van der Waals surface area contributed by atoms with Crippen molar-refractivity contribution in [2.45, 2.75) is 25.7 Å². The molecule has 0 radical (unpaired) electrons. The molecule has 1 rings (SSSR count). The van der Waals surface area contributed by atoms with E-state index in [-0.39, 0.29) is 12.2 Å². The first-order valence-electron chi connectivity index (χ1n) is 5.10. The number of esters is 2. The summed E-state index contributed by atoms with van der Waals surface area (Å²) in [5.41, 5.74) is -0.193. The molecule has 1 aliphatic heterocycles. The Labute approximate surface area is 99.5 Å². The van der Waals surface area contributed by atoms with E-state index in [1.54, 1.807) is 13.8 Å². The number of carbonyl (C=O) groups is 2. The van der Waals surface area contributed by atoms with Gasteiger partial charge in [-0.2, -0.15) is 0 Å². The number of rotatable bonds is 3. The molecule has 0 aromatic heterocycles. The lowest BCUT2D eigenvalue weighted by Gasteiger charge is -2.16. The molecule has 0 aliphatic carbocycles. The summed E-state index contributed by atoms with van der Waals surface area (Å²) in [6.07, 6.45) is 0.880. The Morgan fingerprint density at radius 1 is 1.24 bits per heavy atom. The van der Waals surface area contributed by atoms with Gasteiger partial charge in [-0.15, -0.1) is 0 Å². The monoisotopic (exact) mass is 244 g/mol. The summed E-state index contributed by atoms with van der Waals surface area (Å²) in [6.45, 7) is 3.76. The first-order chi connectivity index (χ1) is 7.89. The molecule has 6 heteroatoms. The topological polar surface area (TPSA) is 71.1 Å². The predicted molar refractivity (Wildman–Crippen MR) is 57.0 cm³/mol. The van der Waals surface area contributed by atoms with E-state index in [1.807, 2.05) is 0 Å². The molecule has 96 valence electrons. The molecule has 1 atom stereocenters. The van der Waals surface area contributed by atoms with Crippen LogP contribution in [0.15, 0.2) is 11.6 Å². The van der Waals surface area contributed by atoms with Crippen LogP contribution in [0.2, 0.25) is 0 Å². The maximum atomic E-state index is 11.4. The fourth-order valence-corrected chi connectivity index (χ4v) is 1.42. The van der Waals surface area contributed by atoms with E-state index in [0.717, 1.165) is 0 Å². The quantitative estimate of drug-likeness (QED) is 0.310. The van der Waals surface area contributed by atoms with E-state index in [9.17, 15) is 9.59 Å². The zero-order valence-electron chi connectivity index (χ0n) is 10.3. The number of carbonyl (C=O) groups excluding carboxylic acids is 2. The van der Waals surface area contributed by atoms with Gasteiger partial charge in [-0.25, -0.2) is 9.59 Å². The first-order valence-corrected chi connectivity index (χ1v) is 5.10. The number of ether oxygens (including phenoxy) is 4. The lowest BCUT2D eigenvalue weighted by atomic mass is 10.2. The highest BCUT2D eigenvalue weighted by atomic mass is 16.7. The second-order valence-corrected chi connectivity index (χ2v) is 3.93. The molecular formula is C11H16O6. The Morgan fingerprint density at radius 2 is 1.76 bits per heavy atom. The second-order valence-electron chi connectivity index (χ2n) is 3.93. The zero-order chi connectivity index (χ0) is 13.1. The third kappa shape index (κ3) is 3.54. The van der Waals surface area contributed by atoms with E-state index in [0.29, 0.717) is 0 Å².